The Morgan fingerprint density at radius 1 is 1.16 bits per heavy atom. The Morgan fingerprint density at radius 3 is 2.42 bits per heavy atom. The number of carboxylic acids is 1. The zero-order valence-electron chi connectivity index (χ0n) is 11.5. The molecule has 3 N–H and O–H groups in total. The molecule has 106 valence electrons. The lowest BCUT2D eigenvalue weighted by Crippen LogP contribution is -2.03. The number of carbonyl (C=O) groups is 1. The molecule has 0 aliphatic rings. The fourth-order valence-electron chi connectivity index (χ4n) is 2.16. The van der Waals surface area contributed by atoms with E-state index in [-0.39, 0.29) is 17.1 Å². The number of aryl methyl sites for hydroxylation is 1. The van der Waals surface area contributed by atoms with Crippen molar-refractivity contribution in [3.63, 3.8) is 0 Å². The number of hydrogen-bond acceptors (Lipinski definition) is 3. The van der Waals surface area contributed by atoms with Gasteiger partial charge in [-0.05, 0) is 30.4 Å². The smallest absolute Gasteiger partial charge is 0.339 e. The molecule has 4 nitrogen and oxygen atoms in total. The van der Waals surface area contributed by atoms with Crippen LogP contribution in [0.2, 0.25) is 0 Å². The van der Waals surface area contributed by atoms with Gasteiger partial charge in [0.2, 0.25) is 0 Å². The topological polar surface area (TPSA) is 77.8 Å². The van der Waals surface area contributed by atoms with Gasteiger partial charge in [0.15, 0.2) is 0 Å². The zero-order chi connectivity index (χ0) is 14.4. The fraction of sp³-hybridized carbons (Fsp3) is 0.533. The van der Waals surface area contributed by atoms with Gasteiger partial charge in [-0.2, -0.15) is 0 Å². The molecule has 4 heteroatoms. The third-order valence-electron chi connectivity index (χ3n) is 3.13. The van der Waals surface area contributed by atoms with Crippen LogP contribution in [0.4, 0.5) is 0 Å². The first-order chi connectivity index (χ1) is 8.91. The molecule has 0 fully saturated rings. The predicted octanol–water partition coefficient (Wildman–Crippen LogP) is 3.55. The maximum atomic E-state index is 11.1. The van der Waals surface area contributed by atoms with Gasteiger partial charge in [0.05, 0.1) is 0 Å². The van der Waals surface area contributed by atoms with Crippen molar-refractivity contribution in [1.82, 2.24) is 0 Å². The van der Waals surface area contributed by atoms with E-state index in [1.165, 1.54) is 6.07 Å². The van der Waals surface area contributed by atoms with Gasteiger partial charge >= 0.3 is 5.97 Å². The van der Waals surface area contributed by atoms with E-state index < -0.39 is 5.97 Å². The lowest BCUT2D eigenvalue weighted by atomic mass is 9.98. The summed E-state index contributed by atoms with van der Waals surface area (Å²) in [5, 5.41) is 28.1. The fourth-order valence-corrected chi connectivity index (χ4v) is 2.16. The van der Waals surface area contributed by atoms with Crippen molar-refractivity contribution in [2.75, 3.05) is 0 Å². The second-order valence-electron chi connectivity index (χ2n) is 5.30. The van der Waals surface area contributed by atoms with Gasteiger partial charge in [-0.3, -0.25) is 0 Å². The molecule has 1 aromatic rings. The van der Waals surface area contributed by atoms with Crippen LogP contribution in [-0.4, -0.2) is 21.3 Å². The van der Waals surface area contributed by atoms with E-state index >= 15 is 0 Å². The molecule has 0 unspecified atom stereocenters. The molecule has 1 aromatic carbocycles. The molecule has 1 rings (SSSR count). The Morgan fingerprint density at radius 2 is 1.84 bits per heavy atom. The molecular formula is C15H22O4. The van der Waals surface area contributed by atoms with Gasteiger partial charge in [0.25, 0.3) is 0 Å². The first-order valence-corrected chi connectivity index (χ1v) is 6.70. The zero-order valence-corrected chi connectivity index (χ0v) is 11.5. The van der Waals surface area contributed by atoms with Crippen LogP contribution in [0.5, 0.6) is 11.5 Å². The Labute approximate surface area is 113 Å². The first-order valence-electron chi connectivity index (χ1n) is 6.70. The summed E-state index contributed by atoms with van der Waals surface area (Å²) in [7, 11) is 0. The molecule has 0 bridgehead atoms. The van der Waals surface area contributed by atoms with Crippen molar-refractivity contribution in [3.05, 3.63) is 23.3 Å². The van der Waals surface area contributed by atoms with Crippen LogP contribution in [0.15, 0.2) is 12.1 Å². The van der Waals surface area contributed by atoms with Crippen molar-refractivity contribution in [1.29, 1.82) is 0 Å². The average molecular weight is 266 g/mol. The molecule has 0 aliphatic carbocycles. The van der Waals surface area contributed by atoms with Gasteiger partial charge in [-0.15, -0.1) is 0 Å². The highest BCUT2D eigenvalue weighted by Crippen LogP contribution is 2.28. The lowest BCUT2D eigenvalue weighted by Gasteiger charge is -2.09. The number of phenolic OH excluding ortho intramolecular Hbond substituents is 1. The summed E-state index contributed by atoms with van der Waals surface area (Å²) in [6.45, 7) is 4.35. The van der Waals surface area contributed by atoms with E-state index in [0.717, 1.165) is 31.7 Å². The van der Waals surface area contributed by atoms with E-state index in [9.17, 15) is 15.0 Å². The third kappa shape index (κ3) is 4.81. The summed E-state index contributed by atoms with van der Waals surface area (Å²) < 4.78 is 0. The van der Waals surface area contributed by atoms with Crippen molar-refractivity contribution >= 4 is 5.97 Å². The standard InChI is InChI=1S/C15H22O4/c1-10(2)6-4-3-5-7-11-8-12(16)9-13(17)14(11)15(18)19/h8-10,16-17H,3-7H2,1-2H3,(H,18,19). The number of aromatic hydroxyl groups is 2. The van der Waals surface area contributed by atoms with E-state index in [4.69, 9.17) is 5.11 Å². The molecule has 0 radical (unpaired) electrons. The Kier molecular flexibility index (Phi) is 5.67. The summed E-state index contributed by atoms with van der Waals surface area (Å²) in [6.07, 6.45) is 4.72. The SMILES string of the molecule is CC(C)CCCCCc1cc(O)cc(O)c1C(=O)O. The van der Waals surface area contributed by atoms with E-state index in [2.05, 4.69) is 13.8 Å². The summed E-state index contributed by atoms with van der Waals surface area (Å²) in [6, 6.07) is 2.48. The molecule has 0 aromatic heterocycles. The molecule has 0 heterocycles. The quantitative estimate of drug-likeness (QED) is 0.659. The van der Waals surface area contributed by atoms with Crippen molar-refractivity contribution in [3.8, 4) is 11.5 Å². The van der Waals surface area contributed by atoms with E-state index in [1.807, 2.05) is 0 Å². The molecular weight excluding hydrogens is 244 g/mol. The van der Waals surface area contributed by atoms with E-state index in [0.29, 0.717) is 17.9 Å². The third-order valence-corrected chi connectivity index (χ3v) is 3.13. The maximum absolute atomic E-state index is 11.1. The number of rotatable bonds is 7. The Balaban J connectivity index is 2.64. The number of hydrogen-bond donors (Lipinski definition) is 3. The minimum Gasteiger partial charge on any atom is -0.508 e. The summed E-state index contributed by atoms with van der Waals surface area (Å²) in [5.74, 6) is -0.946. The first kappa shape index (κ1) is 15.3. The number of unbranched alkanes of at least 4 members (excludes halogenated alkanes) is 2. The molecule has 0 amide bonds. The van der Waals surface area contributed by atoms with Gasteiger partial charge in [0.1, 0.15) is 17.1 Å². The highest BCUT2D eigenvalue weighted by molar-refractivity contribution is 5.92. The van der Waals surface area contributed by atoms with Crippen LogP contribution >= 0.6 is 0 Å². The van der Waals surface area contributed by atoms with Crippen molar-refractivity contribution in [2.45, 2.75) is 46.0 Å². The van der Waals surface area contributed by atoms with Gasteiger partial charge in [-0.1, -0.05) is 33.1 Å². The van der Waals surface area contributed by atoms with Crippen LogP contribution < -0.4 is 0 Å². The highest BCUT2D eigenvalue weighted by atomic mass is 16.4. The minimum absolute atomic E-state index is 0.0957. The van der Waals surface area contributed by atoms with Crippen molar-refractivity contribution in [2.24, 2.45) is 5.92 Å². The number of carboxylic acid groups (broad SMARTS) is 1. The number of aromatic carboxylic acids is 1. The monoisotopic (exact) mass is 266 g/mol. The van der Waals surface area contributed by atoms with Crippen LogP contribution in [0.1, 0.15) is 55.5 Å². The van der Waals surface area contributed by atoms with Crippen molar-refractivity contribution < 1.29 is 20.1 Å². The summed E-state index contributed by atoms with van der Waals surface area (Å²) in [4.78, 5) is 11.1. The second-order valence-corrected chi connectivity index (χ2v) is 5.30. The normalized spacial score (nSPS) is 10.9. The Bertz CT molecular complexity index is 438. The molecule has 0 spiro atoms. The average Bonchev–Trinajstić information content (AvgIpc) is 2.26. The molecule has 19 heavy (non-hydrogen) atoms. The van der Waals surface area contributed by atoms with Gasteiger partial charge < -0.3 is 15.3 Å². The van der Waals surface area contributed by atoms with Crippen LogP contribution in [-0.2, 0) is 6.42 Å². The van der Waals surface area contributed by atoms with Gasteiger partial charge in [-0.25, -0.2) is 4.79 Å². The molecule has 0 saturated carbocycles. The number of benzene rings is 1. The van der Waals surface area contributed by atoms with Crippen LogP contribution in [0.3, 0.4) is 0 Å². The molecule has 0 aliphatic heterocycles. The summed E-state index contributed by atoms with van der Waals surface area (Å²) >= 11 is 0. The Hall–Kier alpha value is -1.71. The lowest BCUT2D eigenvalue weighted by molar-refractivity contribution is 0.0692. The largest absolute Gasteiger partial charge is 0.508 e. The number of phenols is 2. The second kappa shape index (κ2) is 7.02. The van der Waals surface area contributed by atoms with E-state index in [1.54, 1.807) is 0 Å². The maximum Gasteiger partial charge on any atom is 0.339 e. The minimum atomic E-state index is -1.16. The predicted molar refractivity (Wildman–Crippen MR) is 73.7 cm³/mol. The van der Waals surface area contributed by atoms with Gasteiger partial charge in [0, 0.05) is 6.07 Å². The van der Waals surface area contributed by atoms with Crippen LogP contribution in [0.25, 0.3) is 0 Å². The van der Waals surface area contributed by atoms with Crippen LogP contribution in [0, 0.1) is 5.92 Å². The molecule has 0 atom stereocenters. The highest BCUT2D eigenvalue weighted by Gasteiger charge is 2.16. The summed E-state index contributed by atoms with van der Waals surface area (Å²) in [5.41, 5.74) is 0.399. The molecule has 0 saturated heterocycles.